The number of nitriles is 1. The Bertz CT molecular complexity index is 2480. The lowest BCUT2D eigenvalue weighted by Gasteiger charge is -2.19. The number of ether oxygens (including phenoxy) is 1. The minimum absolute atomic E-state index is 0.0506. The Hall–Kier alpha value is -5.22. The van der Waals surface area contributed by atoms with E-state index >= 15 is 0 Å². The second-order valence-corrected chi connectivity index (χ2v) is 15.3. The Morgan fingerprint density at radius 1 is 1.00 bits per heavy atom. The van der Waals surface area contributed by atoms with E-state index < -0.39 is 11.9 Å². The van der Waals surface area contributed by atoms with Crippen molar-refractivity contribution in [1.82, 2.24) is 24.9 Å². The van der Waals surface area contributed by atoms with Crippen LogP contribution in [-0.4, -0.2) is 63.6 Å². The third kappa shape index (κ3) is 9.17. The Kier molecular flexibility index (Phi) is 12.6. The predicted octanol–water partition coefficient (Wildman–Crippen LogP) is 7.73. The number of hydrogen-bond donors (Lipinski definition) is 3. The van der Waals surface area contributed by atoms with Crippen molar-refractivity contribution in [2.24, 2.45) is 5.92 Å². The van der Waals surface area contributed by atoms with Crippen molar-refractivity contribution in [3.63, 3.8) is 0 Å². The maximum Gasteiger partial charge on any atom is 0.307 e. The molecule has 2 atom stereocenters. The van der Waals surface area contributed by atoms with E-state index in [2.05, 4.69) is 26.6 Å². The van der Waals surface area contributed by atoms with Gasteiger partial charge < -0.3 is 20.5 Å². The van der Waals surface area contributed by atoms with Gasteiger partial charge in [-0.05, 0) is 60.3 Å². The standard InChI is InChI=1S/C43H39Cl3N6O5/c44-36-18-30(25-51-15-12-29(24-51)43(55)56)37(57-17-3-14-47)19-28(36)9-8-26-4-1-6-34(40(26)45)35-7-2-5-33(41(35)46)27-13-16-52-38(20-27)49-22-31(42(52)54)21-48-23-32-10-11-39(53)50-32/h1-2,4-9,13,16,18-20,22,29,32,48H,3,10-12,15,17,21,23-25H2,(H,50,53)(H,55,56)/b9-8-. The Morgan fingerprint density at radius 2 is 1.77 bits per heavy atom. The molecule has 0 radical (unpaired) electrons. The number of pyridine rings is 1. The molecular weight excluding hydrogens is 787 g/mol. The number of hydrogen-bond acceptors (Lipinski definition) is 8. The number of carbonyl (C=O) groups is 2. The number of benzene rings is 3. The molecule has 2 unspecified atom stereocenters. The fraction of sp³-hybridized carbons (Fsp3) is 0.279. The van der Waals surface area contributed by atoms with Crippen LogP contribution < -0.4 is 20.9 Å². The zero-order valence-corrected chi connectivity index (χ0v) is 33.1. The van der Waals surface area contributed by atoms with E-state index in [-0.39, 0.29) is 30.5 Å². The van der Waals surface area contributed by atoms with Crippen molar-refractivity contribution in [3.8, 4) is 34.1 Å². The summed E-state index contributed by atoms with van der Waals surface area (Å²) < 4.78 is 7.51. The van der Waals surface area contributed by atoms with Gasteiger partial charge in [0, 0.05) is 83.9 Å². The summed E-state index contributed by atoms with van der Waals surface area (Å²) in [6.45, 7) is 2.69. The molecule has 292 valence electrons. The molecule has 14 heteroatoms. The van der Waals surface area contributed by atoms with Gasteiger partial charge in [0.2, 0.25) is 5.91 Å². The summed E-state index contributed by atoms with van der Waals surface area (Å²) in [6, 6.07) is 20.9. The number of carboxylic acids is 1. The van der Waals surface area contributed by atoms with Crippen LogP contribution in [0.4, 0.5) is 0 Å². The average molecular weight is 826 g/mol. The largest absolute Gasteiger partial charge is 0.492 e. The summed E-state index contributed by atoms with van der Waals surface area (Å²) in [5, 5.41) is 26.2. The van der Waals surface area contributed by atoms with Crippen molar-refractivity contribution in [2.75, 3.05) is 26.2 Å². The summed E-state index contributed by atoms with van der Waals surface area (Å²) in [6.07, 6.45) is 9.08. The Balaban J connectivity index is 1.11. The van der Waals surface area contributed by atoms with Gasteiger partial charge >= 0.3 is 5.97 Å². The molecule has 0 bridgehead atoms. The zero-order chi connectivity index (χ0) is 40.1. The fourth-order valence-corrected chi connectivity index (χ4v) is 8.14. The number of aliphatic carboxylic acids is 1. The molecule has 0 saturated carbocycles. The number of likely N-dealkylation sites (tertiary alicyclic amines) is 1. The number of carboxylic acid groups (broad SMARTS) is 1. The lowest BCUT2D eigenvalue weighted by Crippen LogP contribution is -2.36. The average Bonchev–Trinajstić information content (AvgIpc) is 3.85. The van der Waals surface area contributed by atoms with Crippen molar-refractivity contribution in [3.05, 3.63) is 121 Å². The first-order valence-electron chi connectivity index (χ1n) is 18.6. The number of aromatic nitrogens is 2. The topological polar surface area (TPSA) is 149 Å². The highest BCUT2D eigenvalue weighted by Gasteiger charge is 2.28. The molecule has 7 rings (SSSR count). The molecular formula is C43H39Cl3N6O5. The predicted molar refractivity (Wildman–Crippen MR) is 222 cm³/mol. The van der Waals surface area contributed by atoms with Crippen LogP contribution in [0, 0.1) is 17.2 Å². The van der Waals surface area contributed by atoms with Gasteiger partial charge in [-0.25, -0.2) is 4.98 Å². The zero-order valence-electron chi connectivity index (χ0n) is 30.8. The number of amides is 1. The summed E-state index contributed by atoms with van der Waals surface area (Å²) in [4.78, 5) is 42.9. The number of carbonyl (C=O) groups excluding carboxylic acids is 1. The van der Waals surface area contributed by atoms with E-state index in [1.165, 1.54) is 4.40 Å². The first kappa shape index (κ1) is 40.0. The minimum atomic E-state index is -0.797. The highest BCUT2D eigenvalue weighted by molar-refractivity contribution is 6.39. The summed E-state index contributed by atoms with van der Waals surface area (Å²) in [5.41, 5.74) is 6.02. The second-order valence-electron chi connectivity index (χ2n) is 14.2. The molecule has 2 fully saturated rings. The van der Waals surface area contributed by atoms with Gasteiger partial charge in [-0.1, -0.05) is 83.4 Å². The Morgan fingerprint density at radius 3 is 2.53 bits per heavy atom. The first-order chi connectivity index (χ1) is 27.6. The summed E-state index contributed by atoms with van der Waals surface area (Å²) in [5.74, 6) is -0.576. The lowest BCUT2D eigenvalue weighted by molar-refractivity contribution is -0.141. The molecule has 57 heavy (non-hydrogen) atoms. The van der Waals surface area contributed by atoms with Gasteiger partial charge in [0.05, 0.1) is 28.5 Å². The molecule has 0 spiro atoms. The molecule has 1 amide bonds. The van der Waals surface area contributed by atoms with Gasteiger partial charge in [0.15, 0.2) is 0 Å². The molecule has 3 N–H and O–H groups in total. The fourth-order valence-electron chi connectivity index (χ4n) is 7.26. The smallest absolute Gasteiger partial charge is 0.307 e. The summed E-state index contributed by atoms with van der Waals surface area (Å²) >= 11 is 21.0. The van der Waals surface area contributed by atoms with Crippen molar-refractivity contribution in [2.45, 2.75) is 44.8 Å². The van der Waals surface area contributed by atoms with Gasteiger partial charge in [0.25, 0.3) is 5.56 Å². The van der Waals surface area contributed by atoms with Gasteiger partial charge in [-0.3, -0.25) is 23.7 Å². The number of nitrogens with zero attached hydrogens (tertiary/aromatic N) is 4. The number of fused-ring (bicyclic) bond motifs is 1. The van der Waals surface area contributed by atoms with E-state index in [9.17, 15) is 19.5 Å². The van der Waals surface area contributed by atoms with Gasteiger partial charge in [-0.15, -0.1) is 0 Å². The van der Waals surface area contributed by atoms with Crippen molar-refractivity contribution >= 4 is 64.5 Å². The first-order valence-corrected chi connectivity index (χ1v) is 19.8. The van der Waals surface area contributed by atoms with Gasteiger partial charge in [-0.2, -0.15) is 5.26 Å². The lowest BCUT2D eigenvalue weighted by atomic mass is 9.97. The molecule has 2 aromatic heterocycles. The summed E-state index contributed by atoms with van der Waals surface area (Å²) in [7, 11) is 0. The molecule has 2 aliphatic rings. The van der Waals surface area contributed by atoms with Crippen LogP contribution in [-0.2, 0) is 22.7 Å². The molecule has 3 aromatic carbocycles. The molecule has 2 saturated heterocycles. The van der Waals surface area contributed by atoms with E-state index in [1.54, 1.807) is 12.4 Å². The number of rotatable bonds is 14. The van der Waals surface area contributed by atoms with Crippen molar-refractivity contribution in [1.29, 1.82) is 5.26 Å². The quantitative estimate of drug-likeness (QED) is 0.0756. The maximum atomic E-state index is 13.3. The highest BCUT2D eigenvalue weighted by Crippen LogP contribution is 2.41. The van der Waals surface area contributed by atoms with Crippen LogP contribution in [0.2, 0.25) is 15.1 Å². The third-order valence-corrected chi connectivity index (χ3v) is 11.5. The third-order valence-electron chi connectivity index (χ3n) is 10.3. The van der Waals surface area contributed by atoms with Crippen LogP contribution >= 0.6 is 34.8 Å². The molecule has 2 aliphatic heterocycles. The van der Waals surface area contributed by atoms with Crippen LogP contribution in [0.3, 0.4) is 0 Å². The SMILES string of the molecule is N#CCCOc1cc(/C=C\c2cccc(-c3cccc(-c4ccn5c(=O)c(CNCC6CCC(=O)N6)cnc5c4)c3Cl)c2Cl)c(Cl)cc1CN1CCC(C(=O)O)C1. The molecule has 0 aliphatic carbocycles. The molecule has 4 heterocycles. The van der Waals surface area contributed by atoms with Gasteiger partial charge in [0.1, 0.15) is 18.0 Å². The van der Waals surface area contributed by atoms with Crippen molar-refractivity contribution < 1.29 is 19.4 Å². The maximum absolute atomic E-state index is 13.3. The molecule has 11 nitrogen and oxygen atoms in total. The van der Waals surface area contributed by atoms with E-state index in [0.717, 1.165) is 39.8 Å². The van der Waals surface area contributed by atoms with Crippen LogP contribution in [0.25, 0.3) is 40.1 Å². The Labute approximate surface area is 344 Å². The monoisotopic (exact) mass is 824 g/mol. The van der Waals surface area contributed by atoms with E-state index in [0.29, 0.717) is 83.2 Å². The van der Waals surface area contributed by atoms with E-state index in [4.69, 9.17) is 44.8 Å². The minimum Gasteiger partial charge on any atom is -0.492 e. The molecule has 5 aromatic rings. The van der Waals surface area contributed by atoms with Crippen LogP contribution in [0.15, 0.2) is 77.9 Å². The highest BCUT2D eigenvalue weighted by atomic mass is 35.5. The second kappa shape index (κ2) is 17.9. The normalized spacial score (nSPS) is 17.0. The number of halogens is 3. The van der Waals surface area contributed by atoms with Crippen LogP contribution in [0.1, 0.15) is 47.9 Å². The number of nitrogens with one attached hydrogen (secondary N) is 2. The van der Waals surface area contributed by atoms with E-state index in [1.807, 2.05) is 72.8 Å². The van der Waals surface area contributed by atoms with Crippen LogP contribution in [0.5, 0.6) is 5.75 Å².